The van der Waals surface area contributed by atoms with E-state index in [1.165, 1.54) is 18.6 Å². The maximum absolute atomic E-state index is 10.1. The monoisotopic (exact) mass is 154 g/mol. The van der Waals surface area contributed by atoms with Crippen molar-refractivity contribution in [3.63, 3.8) is 0 Å². The Morgan fingerprint density at radius 2 is 2.27 bits per heavy atom. The van der Waals surface area contributed by atoms with E-state index in [2.05, 4.69) is 17.9 Å². The van der Waals surface area contributed by atoms with E-state index in [-0.39, 0.29) is 6.42 Å². The molecule has 0 spiro atoms. The fourth-order valence-corrected chi connectivity index (χ4v) is 0.444. The fourth-order valence-electron chi connectivity index (χ4n) is 0.444. The SMILES string of the molecule is C=COC=CC(=C)CC(=O)O. The molecule has 0 atom stereocenters. The van der Waals surface area contributed by atoms with Crippen molar-refractivity contribution in [1.29, 1.82) is 0 Å². The van der Waals surface area contributed by atoms with Crippen molar-refractivity contribution in [3.8, 4) is 0 Å². The predicted molar refractivity (Wildman–Crippen MR) is 41.8 cm³/mol. The zero-order valence-corrected chi connectivity index (χ0v) is 6.12. The molecular weight excluding hydrogens is 144 g/mol. The van der Waals surface area contributed by atoms with Gasteiger partial charge in [0.25, 0.3) is 0 Å². The summed E-state index contributed by atoms with van der Waals surface area (Å²) in [6.45, 7) is 6.78. The van der Waals surface area contributed by atoms with Gasteiger partial charge in [-0.1, -0.05) is 13.2 Å². The van der Waals surface area contributed by atoms with Crippen LogP contribution in [0.5, 0.6) is 0 Å². The molecule has 0 fully saturated rings. The number of allylic oxidation sites excluding steroid dienone is 1. The lowest BCUT2D eigenvalue weighted by Crippen LogP contribution is -1.94. The molecule has 0 unspecified atom stereocenters. The van der Waals surface area contributed by atoms with Crippen LogP contribution in [-0.4, -0.2) is 11.1 Å². The van der Waals surface area contributed by atoms with Crippen LogP contribution in [0.4, 0.5) is 0 Å². The molecule has 1 N–H and O–H groups in total. The van der Waals surface area contributed by atoms with E-state index in [4.69, 9.17) is 5.11 Å². The molecule has 0 aliphatic heterocycles. The Balaban J connectivity index is 3.68. The highest BCUT2D eigenvalue weighted by atomic mass is 16.5. The van der Waals surface area contributed by atoms with Crippen LogP contribution in [0.1, 0.15) is 6.42 Å². The summed E-state index contributed by atoms with van der Waals surface area (Å²) in [7, 11) is 0. The number of ether oxygens (including phenoxy) is 1. The van der Waals surface area contributed by atoms with Crippen molar-refractivity contribution in [2.45, 2.75) is 6.42 Å². The van der Waals surface area contributed by atoms with Crippen molar-refractivity contribution in [3.05, 3.63) is 37.3 Å². The molecule has 60 valence electrons. The van der Waals surface area contributed by atoms with Crippen LogP contribution < -0.4 is 0 Å². The van der Waals surface area contributed by atoms with Gasteiger partial charge >= 0.3 is 5.97 Å². The van der Waals surface area contributed by atoms with E-state index in [0.717, 1.165) is 0 Å². The van der Waals surface area contributed by atoms with Crippen LogP contribution in [0.3, 0.4) is 0 Å². The van der Waals surface area contributed by atoms with E-state index in [0.29, 0.717) is 5.57 Å². The third kappa shape index (κ3) is 6.37. The molecule has 3 heteroatoms. The van der Waals surface area contributed by atoms with Gasteiger partial charge in [0.1, 0.15) is 0 Å². The van der Waals surface area contributed by atoms with Crippen molar-refractivity contribution < 1.29 is 14.6 Å². The lowest BCUT2D eigenvalue weighted by molar-refractivity contribution is -0.136. The molecule has 0 saturated carbocycles. The quantitative estimate of drug-likeness (QED) is 0.484. The topological polar surface area (TPSA) is 46.5 Å². The number of rotatable bonds is 5. The van der Waals surface area contributed by atoms with E-state index in [9.17, 15) is 4.79 Å². The van der Waals surface area contributed by atoms with Crippen LogP contribution in [0.2, 0.25) is 0 Å². The van der Waals surface area contributed by atoms with Crippen LogP contribution in [0, 0.1) is 0 Å². The second-order valence-corrected chi connectivity index (χ2v) is 1.83. The van der Waals surface area contributed by atoms with Gasteiger partial charge in [0.2, 0.25) is 0 Å². The van der Waals surface area contributed by atoms with E-state index in [1.807, 2.05) is 0 Å². The zero-order valence-electron chi connectivity index (χ0n) is 6.12. The summed E-state index contributed by atoms with van der Waals surface area (Å²) in [5.41, 5.74) is 0.486. The van der Waals surface area contributed by atoms with Gasteiger partial charge in [-0.25, -0.2) is 0 Å². The molecule has 0 saturated heterocycles. The Hall–Kier alpha value is -1.51. The average molecular weight is 154 g/mol. The highest BCUT2D eigenvalue weighted by molar-refractivity contribution is 5.70. The number of aliphatic carboxylic acids is 1. The summed E-state index contributed by atoms with van der Waals surface area (Å²) in [5.74, 6) is -0.904. The third-order valence-electron chi connectivity index (χ3n) is 0.857. The van der Waals surface area contributed by atoms with Crippen molar-refractivity contribution in [2.75, 3.05) is 0 Å². The van der Waals surface area contributed by atoms with E-state index < -0.39 is 5.97 Å². The van der Waals surface area contributed by atoms with Gasteiger partial charge in [-0.2, -0.15) is 0 Å². The minimum absolute atomic E-state index is 0.0724. The Morgan fingerprint density at radius 1 is 1.64 bits per heavy atom. The largest absolute Gasteiger partial charge is 0.481 e. The van der Waals surface area contributed by atoms with Crippen LogP contribution in [-0.2, 0) is 9.53 Å². The molecule has 0 aliphatic carbocycles. The molecule has 0 aromatic rings. The van der Waals surface area contributed by atoms with Crippen LogP contribution in [0.15, 0.2) is 37.3 Å². The Bertz CT molecular complexity index is 192. The summed E-state index contributed by atoms with van der Waals surface area (Å²) < 4.78 is 4.62. The number of carbonyl (C=O) groups is 1. The first-order chi connectivity index (χ1) is 5.16. The first-order valence-corrected chi connectivity index (χ1v) is 2.99. The van der Waals surface area contributed by atoms with Gasteiger partial charge in [-0.3, -0.25) is 4.79 Å². The lowest BCUT2D eigenvalue weighted by atomic mass is 10.2. The zero-order chi connectivity index (χ0) is 8.69. The second-order valence-electron chi connectivity index (χ2n) is 1.83. The molecule has 3 nitrogen and oxygen atoms in total. The van der Waals surface area contributed by atoms with Crippen molar-refractivity contribution in [2.24, 2.45) is 0 Å². The lowest BCUT2D eigenvalue weighted by Gasteiger charge is -1.92. The summed E-state index contributed by atoms with van der Waals surface area (Å²) in [4.78, 5) is 10.1. The first kappa shape index (κ1) is 9.49. The van der Waals surface area contributed by atoms with Crippen molar-refractivity contribution >= 4 is 5.97 Å². The molecule has 0 amide bonds. The maximum Gasteiger partial charge on any atom is 0.307 e. The molecule has 0 radical (unpaired) electrons. The Kier molecular flexibility index (Phi) is 4.56. The second kappa shape index (κ2) is 5.29. The van der Waals surface area contributed by atoms with Gasteiger partial charge < -0.3 is 9.84 Å². The molecule has 0 aliphatic rings. The molecular formula is C8H10O3. The maximum atomic E-state index is 10.1. The molecule has 0 rings (SSSR count). The summed E-state index contributed by atoms with van der Waals surface area (Å²) >= 11 is 0. The highest BCUT2D eigenvalue weighted by Crippen LogP contribution is 1.99. The van der Waals surface area contributed by atoms with Crippen molar-refractivity contribution in [1.82, 2.24) is 0 Å². The smallest absolute Gasteiger partial charge is 0.307 e. The highest BCUT2D eigenvalue weighted by Gasteiger charge is 1.96. The number of hydrogen-bond acceptors (Lipinski definition) is 2. The van der Waals surface area contributed by atoms with E-state index in [1.54, 1.807) is 0 Å². The third-order valence-corrected chi connectivity index (χ3v) is 0.857. The van der Waals surface area contributed by atoms with Gasteiger partial charge in [-0.15, -0.1) is 0 Å². The van der Waals surface area contributed by atoms with Crippen LogP contribution in [0.25, 0.3) is 0 Å². The minimum atomic E-state index is -0.904. The van der Waals surface area contributed by atoms with Gasteiger partial charge in [0.05, 0.1) is 18.9 Å². The summed E-state index contributed by atoms with van der Waals surface area (Å²) in [5, 5.41) is 8.28. The standard InChI is InChI=1S/C8H10O3/c1-3-11-5-4-7(2)6-8(9)10/h3-5H,1-2,6H2,(H,9,10). The fraction of sp³-hybridized carbons (Fsp3) is 0.125. The average Bonchev–Trinajstić information content (AvgIpc) is 1.86. The van der Waals surface area contributed by atoms with Gasteiger partial charge in [0, 0.05) is 0 Å². The number of carboxylic acids is 1. The first-order valence-electron chi connectivity index (χ1n) is 2.99. The molecule has 0 heterocycles. The molecule has 0 bridgehead atoms. The number of carboxylic acid groups (broad SMARTS) is 1. The number of hydrogen-bond donors (Lipinski definition) is 1. The molecule has 0 aromatic heterocycles. The molecule has 11 heavy (non-hydrogen) atoms. The molecule has 0 aromatic carbocycles. The Labute approximate surface area is 65.3 Å². The predicted octanol–water partition coefficient (Wildman–Crippen LogP) is 1.69. The summed E-state index contributed by atoms with van der Waals surface area (Å²) in [6.07, 6.45) is 3.98. The van der Waals surface area contributed by atoms with Crippen LogP contribution >= 0.6 is 0 Å². The summed E-state index contributed by atoms with van der Waals surface area (Å²) in [6, 6.07) is 0. The Morgan fingerprint density at radius 3 is 2.73 bits per heavy atom. The minimum Gasteiger partial charge on any atom is -0.481 e. The van der Waals surface area contributed by atoms with E-state index >= 15 is 0 Å². The van der Waals surface area contributed by atoms with Gasteiger partial charge in [-0.05, 0) is 11.6 Å². The van der Waals surface area contributed by atoms with Gasteiger partial charge in [0.15, 0.2) is 0 Å². The normalized spacial score (nSPS) is 9.45.